The molecule has 0 radical (unpaired) electrons. The summed E-state index contributed by atoms with van der Waals surface area (Å²) in [6, 6.07) is 11.3. The van der Waals surface area contributed by atoms with Crippen LogP contribution in [-0.4, -0.2) is 54.6 Å². The van der Waals surface area contributed by atoms with Gasteiger partial charge >= 0.3 is 0 Å². The molecule has 1 heterocycles. The van der Waals surface area contributed by atoms with Crippen molar-refractivity contribution >= 4 is 77.0 Å². The standard InChI is InChI=1S/C23H18Br3N3O6/c24-14-5-1-12(2-6-14)20(30)11-27(21(31)13-3-7-15(8-4-13)29(34)35)28-22(32)16-9-18(25)19(26)10-17(16)23(28)33/h1-8,16-19H,9-11H2/t16-,17+,18+,19-. The van der Waals surface area contributed by atoms with Crippen molar-refractivity contribution in [3.8, 4) is 0 Å². The summed E-state index contributed by atoms with van der Waals surface area (Å²) in [5.41, 5.74) is 0.0868. The van der Waals surface area contributed by atoms with Crippen LogP contribution in [0.5, 0.6) is 0 Å². The van der Waals surface area contributed by atoms with E-state index in [1.54, 1.807) is 24.3 Å². The van der Waals surface area contributed by atoms with Crippen LogP contribution in [0.25, 0.3) is 0 Å². The molecular formula is C23H18Br3N3O6. The number of rotatable bonds is 6. The van der Waals surface area contributed by atoms with E-state index in [1.807, 2.05) is 0 Å². The van der Waals surface area contributed by atoms with Crippen LogP contribution in [-0.2, 0) is 9.59 Å². The Morgan fingerprint density at radius 2 is 1.40 bits per heavy atom. The topological polar surface area (TPSA) is 118 Å². The zero-order chi connectivity index (χ0) is 25.4. The summed E-state index contributed by atoms with van der Waals surface area (Å²) in [4.78, 5) is 63.6. The molecular weight excluding hydrogens is 654 g/mol. The number of carbonyl (C=O) groups excluding carboxylic acids is 4. The molecule has 1 aliphatic carbocycles. The van der Waals surface area contributed by atoms with E-state index in [-0.39, 0.29) is 20.9 Å². The molecule has 3 amide bonds. The lowest BCUT2D eigenvalue weighted by Gasteiger charge is -2.30. The molecule has 9 nitrogen and oxygen atoms in total. The van der Waals surface area contributed by atoms with Crippen LogP contribution in [0.15, 0.2) is 53.0 Å². The number of hydrogen-bond donors (Lipinski definition) is 0. The Morgan fingerprint density at radius 3 is 1.89 bits per heavy atom. The number of nitro groups is 1. The molecule has 182 valence electrons. The Kier molecular flexibility index (Phi) is 7.53. The van der Waals surface area contributed by atoms with Gasteiger partial charge in [0.2, 0.25) is 0 Å². The summed E-state index contributed by atoms with van der Waals surface area (Å²) >= 11 is 10.4. The first-order valence-corrected chi connectivity index (χ1v) is 13.2. The number of ketones is 1. The predicted molar refractivity (Wildman–Crippen MR) is 136 cm³/mol. The summed E-state index contributed by atoms with van der Waals surface area (Å²) in [6.45, 7) is -0.552. The van der Waals surface area contributed by atoms with Crippen molar-refractivity contribution in [2.24, 2.45) is 11.8 Å². The number of alkyl halides is 2. The lowest BCUT2D eigenvalue weighted by Crippen LogP contribution is -2.52. The summed E-state index contributed by atoms with van der Waals surface area (Å²) in [7, 11) is 0. The number of nitrogens with zero attached hydrogens (tertiary/aromatic N) is 3. The molecule has 35 heavy (non-hydrogen) atoms. The van der Waals surface area contributed by atoms with Gasteiger partial charge in [-0.05, 0) is 37.1 Å². The van der Waals surface area contributed by atoms with Crippen molar-refractivity contribution in [1.82, 2.24) is 10.0 Å². The van der Waals surface area contributed by atoms with Gasteiger partial charge < -0.3 is 0 Å². The van der Waals surface area contributed by atoms with Crippen LogP contribution in [0.2, 0.25) is 0 Å². The quantitative estimate of drug-likeness (QED) is 0.147. The fourth-order valence-electron chi connectivity index (χ4n) is 4.29. The van der Waals surface area contributed by atoms with Gasteiger partial charge in [0.1, 0.15) is 6.54 Å². The van der Waals surface area contributed by atoms with Gasteiger partial charge in [-0.2, -0.15) is 5.01 Å². The minimum atomic E-state index is -0.781. The molecule has 0 bridgehead atoms. The number of non-ortho nitro benzene ring substituents is 1. The van der Waals surface area contributed by atoms with Gasteiger partial charge in [-0.25, -0.2) is 5.01 Å². The van der Waals surface area contributed by atoms with Crippen LogP contribution >= 0.6 is 47.8 Å². The zero-order valence-electron chi connectivity index (χ0n) is 18.0. The number of halogens is 3. The van der Waals surface area contributed by atoms with Crippen LogP contribution < -0.4 is 0 Å². The molecule has 1 aliphatic heterocycles. The van der Waals surface area contributed by atoms with Crippen molar-refractivity contribution in [2.75, 3.05) is 6.54 Å². The number of benzene rings is 2. The minimum absolute atomic E-state index is 0.00594. The highest BCUT2D eigenvalue weighted by Gasteiger charge is 2.54. The van der Waals surface area contributed by atoms with Crippen LogP contribution in [0.1, 0.15) is 33.6 Å². The van der Waals surface area contributed by atoms with Crippen molar-refractivity contribution < 1.29 is 24.1 Å². The SMILES string of the molecule is O=C(CN(C(=O)c1ccc([N+](=O)[O-])cc1)N1C(=O)[C@H]2C[C@@H](Br)[C@@H](Br)C[C@H]2C1=O)c1ccc(Br)cc1. The Bertz CT molecular complexity index is 1180. The fraction of sp³-hybridized carbons (Fsp3) is 0.304. The first-order valence-electron chi connectivity index (χ1n) is 10.6. The molecule has 2 fully saturated rings. The highest BCUT2D eigenvalue weighted by Crippen LogP contribution is 2.43. The Labute approximate surface area is 225 Å². The highest BCUT2D eigenvalue weighted by molar-refractivity contribution is 9.12. The Hall–Kier alpha value is -2.44. The number of hydrazine groups is 1. The first kappa shape index (κ1) is 25.6. The third-order valence-corrected chi connectivity index (χ3v) is 9.41. The molecule has 2 aromatic rings. The summed E-state index contributed by atoms with van der Waals surface area (Å²) in [6.07, 6.45) is 0.809. The number of carbonyl (C=O) groups is 4. The molecule has 2 aromatic carbocycles. The van der Waals surface area contributed by atoms with Crippen molar-refractivity contribution in [2.45, 2.75) is 22.5 Å². The van der Waals surface area contributed by atoms with Gasteiger partial charge in [0.05, 0.1) is 16.8 Å². The highest BCUT2D eigenvalue weighted by atomic mass is 79.9. The number of fused-ring (bicyclic) bond motifs is 1. The zero-order valence-corrected chi connectivity index (χ0v) is 22.7. The third-order valence-electron chi connectivity index (χ3n) is 6.15. The Morgan fingerprint density at radius 1 is 0.914 bits per heavy atom. The lowest BCUT2D eigenvalue weighted by atomic mass is 9.81. The van der Waals surface area contributed by atoms with Crippen molar-refractivity contribution in [1.29, 1.82) is 0 Å². The molecule has 0 N–H and O–H groups in total. The Balaban J connectivity index is 1.69. The second-order valence-electron chi connectivity index (χ2n) is 8.30. The number of Topliss-reactive ketones (excluding diaryl/α,β-unsaturated/α-hetero) is 1. The average molecular weight is 672 g/mol. The van der Waals surface area contributed by atoms with Gasteiger partial charge in [-0.15, -0.1) is 0 Å². The number of nitro benzene ring substituents is 1. The van der Waals surface area contributed by atoms with E-state index < -0.39 is 46.8 Å². The second-order valence-corrected chi connectivity index (χ2v) is 11.6. The van der Waals surface area contributed by atoms with E-state index in [1.165, 1.54) is 12.1 Å². The minimum Gasteiger partial charge on any atom is -0.292 e. The number of hydrogen-bond acceptors (Lipinski definition) is 6. The summed E-state index contributed by atoms with van der Waals surface area (Å²) < 4.78 is 0.760. The molecule has 1 saturated heterocycles. The lowest BCUT2D eigenvalue weighted by molar-refractivity contribution is -0.384. The summed E-state index contributed by atoms with van der Waals surface area (Å²) in [5.74, 6) is -3.56. The van der Waals surface area contributed by atoms with Gasteiger partial charge in [-0.1, -0.05) is 59.9 Å². The molecule has 2 aliphatic rings. The predicted octanol–water partition coefficient (Wildman–Crippen LogP) is 4.52. The fourth-order valence-corrected chi connectivity index (χ4v) is 5.79. The molecule has 0 aromatic heterocycles. The molecule has 0 unspecified atom stereocenters. The van der Waals surface area contributed by atoms with E-state index in [0.29, 0.717) is 18.4 Å². The maximum Gasteiger partial charge on any atom is 0.273 e. The number of imide groups is 1. The molecule has 1 saturated carbocycles. The van der Waals surface area contributed by atoms with Crippen molar-refractivity contribution in [3.63, 3.8) is 0 Å². The first-order chi connectivity index (χ1) is 16.6. The third kappa shape index (κ3) is 5.10. The van der Waals surface area contributed by atoms with Gasteiger partial charge in [0.15, 0.2) is 5.78 Å². The second kappa shape index (κ2) is 10.3. The van der Waals surface area contributed by atoms with Gasteiger partial charge in [-0.3, -0.25) is 29.3 Å². The van der Waals surface area contributed by atoms with E-state index in [0.717, 1.165) is 26.6 Å². The molecule has 0 spiro atoms. The van der Waals surface area contributed by atoms with E-state index in [2.05, 4.69) is 47.8 Å². The van der Waals surface area contributed by atoms with Crippen LogP contribution in [0.4, 0.5) is 5.69 Å². The van der Waals surface area contributed by atoms with E-state index in [9.17, 15) is 29.3 Å². The molecule has 4 rings (SSSR count). The number of amides is 3. The monoisotopic (exact) mass is 669 g/mol. The van der Waals surface area contributed by atoms with Gasteiger partial charge in [0, 0.05) is 37.4 Å². The molecule has 4 atom stereocenters. The van der Waals surface area contributed by atoms with E-state index in [4.69, 9.17) is 0 Å². The normalized spacial score (nSPS) is 23.7. The van der Waals surface area contributed by atoms with Crippen LogP contribution in [0, 0.1) is 22.0 Å². The maximum absolute atomic E-state index is 13.5. The van der Waals surface area contributed by atoms with E-state index >= 15 is 0 Å². The van der Waals surface area contributed by atoms with Crippen LogP contribution in [0.3, 0.4) is 0 Å². The van der Waals surface area contributed by atoms with Crippen molar-refractivity contribution in [3.05, 3.63) is 74.2 Å². The molecule has 12 heteroatoms. The smallest absolute Gasteiger partial charge is 0.273 e. The van der Waals surface area contributed by atoms with Gasteiger partial charge in [0.25, 0.3) is 23.4 Å². The summed E-state index contributed by atoms with van der Waals surface area (Å²) in [5, 5.41) is 12.6. The maximum atomic E-state index is 13.5. The largest absolute Gasteiger partial charge is 0.292 e. The average Bonchev–Trinajstić information content (AvgIpc) is 3.06.